The highest BCUT2D eigenvalue weighted by molar-refractivity contribution is 9.10. The quantitative estimate of drug-likeness (QED) is 0.798. The smallest absolute Gasteiger partial charge is 0.123 e. The zero-order chi connectivity index (χ0) is 15.4. The zero-order valence-corrected chi connectivity index (χ0v) is 14.3. The third-order valence-corrected chi connectivity index (χ3v) is 4.59. The summed E-state index contributed by atoms with van der Waals surface area (Å²) in [7, 11) is 1.92. The van der Waals surface area contributed by atoms with Gasteiger partial charge < -0.3 is 5.32 Å². The van der Waals surface area contributed by atoms with E-state index in [0.29, 0.717) is 0 Å². The van der Waals surface area contributed by atoms with Gasteiger partial charge in [0.1, 0.15) is 5.82 Å². The maximum atomic E-state index is 13.6. The summed E-state index contributed by atoms with van der Waals surface area (Å²) in [6, 6.07) is 11.4. The largest absolute Gasteiger partial charge is 0.309 e. The van der Waals surface area contributed by atoms with Crippen LogP contribution in [-0.4, -0.2) is 7.05 Å². The first-order chi connectivity index (χ1) is 10.1. The Morgan fingerprint density at radius 1 is 1.05 bits per heavy atom. The van der Waals surface area contributed by atoms with E-state index in [1.165, 1.54) is 22.8 Å². The van der Waals surface area contributed by atoms with Gasteiger partial charge in [-0.3, -0.25) is 0 Å². The Bertz CT molecular complexity index is 625. The van der Waals surface area contributed by atoms with Crippen LogP contribution in [0.3, 0.4) is 0 Å². The summed E-state index contributed by atoms with van der Waals surface area (Å²) in [6.45, 7) is 4.30. The molecule has 2 rings (SSSR count). The molecule has 2 aromatic carbocycles. The van der Waals surface area contributed by atoms with Crippen LogP contribution in [0, 0.1) is 5.82 Å². The number of nitrogens with one attached hydrogen (secondary N) is 1. The molecule has 1 nitrogen and oxygen atoms in total. The molecular formula is C18H21BrFN. The van der Waals surface area contributed by atoms with E-state index in [1.807, 2.05) is 7.05 Å². The van der Waals surface area contributed by atoms with E-state index < -0.39 is 0 Å². The van der Waals surface area contributed by atoms with Gasteiger partial charge in [0.25, 0.3) is 0 Å². The topological polar surface area (TPSA) is 12.0 Å². The van der Waals surface area contributed by atoms with Gasteiger partial charge in [0, 0.05) is 4.47 Å². The maximum Gasteiger partial charge on any atom is 0.123 e. The molecule has 3 heteroatoms. The Morgan fingerprint density at radius 2 is 1.81 bits per heavy atom. The van der Waals surface area contributed by atoms with Gasteiger partial charge in [0.2, 0.25) is 0 Å². The summed E-state index contributed by atoms with van der Waals surface area (Å²) >= 11 is 3.54. The van der Waals surface area contributed by atoms with Crippen LogP contribution < -0.4 is 5.32 Å². The van der Waals surface area contributed by atoms with E-state index in [-0.39, 0.29) is 11.9 Å². The predicted molar refractivity (Wildman–Crippen MR) is 90.2 cm³/mol. The van der Waals surface area contributed by atoms with Crippen molar-refractivity contribution in [3.8, 4) is 0 Å². The Balaban J connectivity index is 2.57. The Kier molecular flexibility index (Phi) is 5.54. The summed E-state index contributed by atoms with van der Waals surface area (Å²) in [5.41, 5.74) is 4.75. The lowest BCUT2D eigenvalue weighted by atomic mass is 9.91. The highest BCUT2D eigenvalue weighted by Gasteiger charge is 2.18. The molecule has 0 aliphatic carbocycles. The van der Waals surface area contributed by atoms with Crippen molar-refractivity contribution in [1.82, 2.24) is 5.32 Å². The summed E-state index contributed by atoms with van der Waals surface area (Å²) in [4.78, 5) is 0. The van der Waals surface area contributed by atoms with Gasteiger partial charge in [-0.05, 0) is 60.3 Å². The van der Waals surface area contributed by atoms with Crippen molar-refractivity contribution >= 4 is 15.9 Å². The molecule has 0 saturated carbocycles. The molecule has 0 saturated heterocycles. The van der Waals surface area contributed by atoms with E-state index >= 15 is 0 Å². The molecule has 1 unspecified atom stereocenters. The normalized spacial score (nSPS) is 12.4. The lowest BCUT2D eigenvalue weighted by Gasteiger charge is -2.22. The van der Waals surface area contributed by atoms with Crippen molar-refractivity contribution in [3.05, 3.63) is 68.9 Å². The van der Waals surface area contributed by atoms with E-state index in [9.17, 15) is 4.39 Å². The summed E-state index contributed by atoms with van der Waals surface area (Å²) in [5.74, 6) is -0.210. The van der Waals surface area contributed by atoms with Crippen LogP contribution >= 0.6 is 15.9 Å². The van der Waals surface area contributed by atoms with Crippen LogP contribution in [0.4, 0.5) is 4.39 Å². The van der Waals surface area contributed by atoms with Crippen LogP contribution in [0.5, 0.6) is 0 Å². The number of hydrogen-bond acceptors (Lipinski definition) is 1. The first-order valence-corrected chi connectivity index (χ1v) is 8.13. The minimum atomic E-state index is -0.210. The van der Waals surface area contributed by atoms with Crippen LogP contribution in [0.15, 0.2) is 40.9 Å². The van der Waals surface area contributed by atoms with Gasteiger partial charge in [-0.2, -0.15) is 0 Å². The molecule has 0 bridgehead atoms. The zero-order valence-electron chi connectivity index (χ0n) is 12.7. The number of halogens is 2. The minimum Gasteiger partial charge on any atom is -0.309 e. The van der Waals surface area contributed by atoms with Crippen LogP contribution in [0.25, 0.3) is 0 Å². The fourth-order valence-corrected chi connectivity index (χ4v) is 3.14. The Labute approximate surface area is 134 Å². The van der Waals surface area contributed by atoms with Gasteiger partial charge in [-0.1, -0.05) is 48.0 Å². The van der Waals surface area contributed by atoms with Gasteiger partial charge >= 0.3 is 0 Å². The molecule has 0 aliphatic heterocycles. The molecule has 0 fully saturated rings. The molecule has 0 aliphatic rings. The second-order valence-corrected chi connectivity index (χ2v) is 5.98. The van der Waals surface area contributed by atoms with E-state index in [1.54, 1.807) is 12.1 Å². The fourth-order valence-electron chi connectivity index (χ4n) is 2.67. The van der Waals surface area contributed by atoms with Gasteiger partial charge in [0.05, 0.1) is 6.04 Å². The average molecular weight is 350 g/mol. The van der Waals surface area contributed by atoms with Gasteiger partial charge in [-0.15, -0.1) is 0 Å². The maximum absolute atomic E-state index is 13.6. The number of aryl methyl sites for hydroxylation is 2. The molecule has 2 aromatic rings. The third-order valence-electron chi connectivity index (χ3n) is 3.87. The molecule has 0 radical (unpaired) electrons. The van der Waals surface area contributed by atoms with E-state index in [4.69, 9.17) is 0 Å². The molecule has 1 atom stereocenters. The van der Waals surface area contributed by atoms with Crippen molar-refractivity contribution in [2.24, 2.45) is 0 Å². The van der Waals surface area contributed by atoms with E-state index in [0.717, 1.165) is 22.9 Å². The standard InChI is InChI=1S/C18H21BrFN/c1-4-12-6-7-13(5-2)15(10-12)18(21-3)16-11-14(20)8-9-17(16)19/h6-11,18,21H,4-5H2,1-3H3. The van der Waals surface area contributed by atoms with Crippen molar-refractivity contribution in [1.29, 1.82) is 0 Å². The van der Waals surface area contributed by atoms with Crippen LogP contribution in [0.2, 0.25) is 0 Å². The number of hydrogen-bond donors (Lipinski definition) is 1. The summed E-state index contributed by atoms with van der Waals surface area (Å²) in [5, 5.41) is 3.33. The average Bonchev–Trinajstić information content (AvgIpc) is 2.51. The molecule has 21 heavy (non-hydrogen) atoms. The van der Waals surface area contributed by atoms with Gasteiger partial charge in [0.15, 0.2) is 0 Å². The van der Waals surface area contributed by atoms with E-state index in [2.05, 4.69) is 53.3 Å². The Hall–Kier alpha value is -1.19. The highest BCUT2D eigenvalue weighted by atomic mass is 79.9. The Morgan fingerprint density at radius 3 is 2.43 bits per heavy atom. The molecule has 112 valence electrons. The van der Waals surface area contributed by atoms with Crippen molar-refractivity contribution in [3.63, 3.8) is 0 Å². The molecular weight excluding hydrogens is 329 g/mol. The second kappa shape index (κ2) is 7.19. The predicted octanol–water partition coefficient (Wildman–Crippen LogP) is 5.02. The first-order valence-electron chi connectivity index (χ1n) is 7.34. The SMILES string of the molecule is CCc1ccc(CC)c(C(NC)c2cc(F)ccc2Br)c1. The lowest BCUT2D eigenvalue weighted by Crippen LogP contribution is -2.20. The van der Waals surface area contributed by atoms with Crippen LogP contribution in [-0.2, 0) is 12.8 Å². The summed E-state index contributed by atoms with van der Waals surface area (Å²) < 4.78 is 14.6. The molecule has 0 spiro atoms. The van der Waals surface area contributed by atoms with Gasteiger partial charge in [-0.25, -0.2) is 4.39 Å². The lowest BCUT2D eigenvalue weighted by molar-refractivity contribution is 0.614. The molecule has 0 amide bonds. The summed E-state index contributed by atoms with van der Waals surface area (Å²) in [6.07, 6.45) is 1.96. The molecule has 0 heterocycles. The fraction of sp³-hybridized carbons (Fsp3) is 0.333. The highest BCUT2D eigenvalue weighted by Crippen LogP contribution is 2.31. The second-order valence-electron chi connectivity index (χ2n) is 5.13. The third kappa shape index (κ3) is 3.53. The first kappa shape index (κ1) is 16.2. The number of rotatable bonds is 5. The van der Waals surface area contributed by atoms with Crippen molar-refractivity contribution in [2.45, 2.75) is 32.7 Å². The monoisotopic (exact) mass is 349 g/mol. The number of benzene rings is 2. The molecule has 0 aromatic heterocycles. The molecule has 1 N–H and O–H groups in total. The van der Waals surface area contributed by atoms with Crippen molar-refractivity contribution < 1.29 is 4.39 Å². The minimum absolute atomic E-state index is 0.0171. The van der Waals surface area contributed by atoms with Crippen LogP contribution in [0.1, 0.15) is 42.1 Å². The van der Waals surface area contributed by atoms with Crippen molar-refractivity contribution in [2.75, 3.05) is 7.05 Å².